The summed E-state index contributed by atoms with van der Waals surface area (Å²) in [7, 11) is 0. The molecule has 0 radical (unpaired) electrons. The van der Waals surface area contributed by atoms with E-state index in [0.29, 0.717) is 6.54 Å². The van der Waals surface area contributed by atoms with Gasteiger partial charge in [0.1, 0.15) is 0 Å². The largest absolute Gasteiger partial charge is 0.378 e. The molecule has 0 saturated carbocycles. The Kier molecular flexibility index (Phi) is 4.36. The Hall–Kier alpha value is -1.81. The number of nitrogens with one attached hydrogen (secondary N) is 1. The number of hydrogen-bond acceptors (Lipinski definition) is 3. The van der Waals surface area contributed by atoms with Gasteiger partial charge in [0.05, 0.1) is 13.2 Å². The van der Waals surface area contributed by atoms with Gasteiger partial charge in [-0.2, -0.15) is 0 Å². The molecule has 1 heterocycles. The van der Waals surface area contributed by atoms with Gasteiger partial charge in [-0.25, -0.2) is 0 Å². The minimum Gasteiger partial charge on any atom is -0.378 e. The molecule has 4 nitrogen and oxygen atoms in total. The Labute approximate surface area is 107 Å². The first kappa shape index (κ1) is 12.6. The summed E-state index contributed by atoms with van der Waals surface area (Å²) >= 11 is 0. The first-order valence-electron chi connectivity index (χ1n) is 6.11. The van der Waals surface area contributed by atoms with Crippen molar-refractivity contribution in [3.8, 4) is 0 Å². The van der Waals surface area contributed by atoms with Crippen LogP contribution in [0.15, 0.2) is 36.9 Å². The average Bonchev–Trinajstić information content (AvgIpc) is 2.46. The number of carbonyl (C=O) groups excluding carboxylic acids is 1. The Morgan fingerprint density at radius 3 is 2.61 bits per heavy atom. The van der Waals surface area contributed by atoms with Gasteiger partial charge in [0, 0.05) is 25.3 Å². The van der Waals surface area contributed by atoms with Crippen molar-refractivity contribution in [2.24, 2.45) is 0 Å². The summed E-state index contributed by atoms with van der Waals surface area (Å²) in [6.45, 7) is 7.41. The van der Waals surface area contributed by atoms with E-state index in [1.807, 2.05) is 12.1 Å². The Morgan fingerprint density at radius 2 is 2.00 bits per heavy atom. The predicted octanol–water partition coefficient (Wildman–Crippen LogP) is 1.33. The lowest BCUT2D eigenvalue weighted by molar-refractivity contribution is -0.116. The molecule has 0 aromatic heterocycles. The second-order valence-electron chi connectivity index (χ2n) is 4.19. The van der Waals surface area contributed by atoms with Crippen LogP contribution in [0.2, 0.25) is 0 Å². The molecule has 1 saturated heterocycles. The van der Waals surface area contributed by atoms with Crippen molar-refractivity contribution in [2.75, 3.05) is 31.2 Å². The Balaban J connectivity index is 1.92. The summed E-state index contributed by atoms with van der Waals surface area (Å²) in [5.74, 6) is -0.146. The van der Waals surface area contributed by atoms with E-state index in [4.69, 9.17) is 4.74 Å². The van der Waals surface area contributed by atoms with Crippen LogP contribution in [0.25, 0.3) is 0 Å². The molecular weight excluding hydrogens is 228 g/mol. The minimum atomic E-state index is -0.146. The third-order valence-electron chi connectivity index (χ3n) is 2.96. The molecule has 2 rings (SSSR count). The van der Waals surface area contributed by atoms with Crippen LogP contribution in [-0.2, 0) is 16.1 Å². The lowest BCUT2D eigenvalue weighted by Crippen LogP contribution is -2.36. The molecule has 1 aromatic carbocycles. The van der Waals surface area contributed by atoms with Gasteiger partial charge >= 0.3 is 0 Å². The van der Waals surface area contributed by atoms with Gasteiger partial charge in [0.2, 0.25) is 5.91 Å². The highest BCUT2D eigenvalue weighted by molar-refractivity contribution is 5.86. The van der Waals surface area contributed by atoms with Crippen LogP contribution in [-0.4, -0.2) is 32.2 Å². The summed E-state index contributed by atoms with van der Waals surface area (Å²) in [5.41, 5.74) is 2.29. The van der Waals surface area contributed by atoms with E-state index in [9.17, 15) is 4.79 Å². The number of hydrogen-bond donors (Lipinski definition) is 1. The van der Waals surface area contributed by atoms with Gasteiger partial charge in [0.15, 0.2) is 0 Å². The first-order valence-corrected chi connectivity index (χ1v) is 6.11. The summed E-state index contributed by atoms with van der Waals surface area (Å²) in [4.78, 5) is 13.3. The maximum Gasteiger partial charge on any atom is 0.243 e. The van der Waals surface area contributed by atoms with E-state index >= 15 is 0 Å². The van der Waals surface area contributed by atoms with E-state index < -0.39 is 0 Å². The van der Waals surface area contributed by atoms with E-state index in [2.05, 4.69) is 28.9 Å². The zero-order chi connectivity index (χ0) is 12.8. The molecule has 1 aromatic rings. The highest BCUT2D eigenvalue weighted by Gasteiger charge is 2.10. The minimum absolute atomic E-state index is 0.146. The van der Waals surface area contributed by atoms with Crippen LogP contribution >= 0.6 is 0 Å². The number of ether oxygens (including phenoxy) is 1. The molecule has 1 N–H and O–H groups in total. The topological polar surface area (TPSA) is 41.6 Å². The fraction of sp³-hybridized carbons (Fsp3) is 0.357. The van der Waals surface area contributed by atoms with Gasteiger partial charge in [-0.3, -0.25) is 4.79 Å². The fourth-order valence-corrected chi connectivity index (χ4v) is 1.91. The molecule has 1 amide bonds. The van der Waals surface area contributed by atoms with Crippen molar-refractivity contribution < 1.29 is 9.53 Å². The van der Waals surface area contributed by atoms with Gasteiger partial charge in [-0.15, -0.1) is 0 Å². The molecule has 0 atom stereocenters. The zero-order valence-corrected chi connectivity index (χ0v) is 10.4. The number of rotatable bonds is 4. The second kappa shape index (κ2) is 6.21. The number of benzene rings is 1. The highest BCUT2D eigenvalue weighted by Crippen LogP contribution is 2.16. The molecule has 1 aliphatic heterocycles. The van der Waals surface area contributed by atoms with Crippen LogP contribution in [0.5, 0.6) is 0 Å². The maximum absolute atomic E-state index is 11.0. The van der Waals surface area contributed by atoms with Gasteiger partial charge in [-0.1, -0.05) is 18.7 Å². The highest BCUT2D eigenvalue weighted by atomic mass is 16.5. The smallest absolute Gasteiger partial charge is 0.243 e. The Bertz CT molecular complexity index is 408. The molecule has 1 fully saturated rings. The molecule has 96 valence electrons. The monoisotopic (exact) mass is 246 g/mol. The number of carbonyl (C=O) groups is 1. The van der Waals surface area contributed by atoms with Crippen molar-refractivity contribution in [3.63, 3.8) is 0 Å². The summed E-state index contributed by atoms with van der Waals surface area (Å²) in [5, 5.41) is 2.76. The van der Waals surface area contributed by atoms with Crippen molar-refractivity contribution in [2.45, 2.75) is 6.54 Å². The molecule has 18 heavy (non-hydrogen) atoms. The molecule has 4 heteroatoms. The first-order chi connectivity index (χ1) is 8.79. The van der Waals surface area contributed by atoms with E-state index in [-0.39, 0.29) is 5.91 Å². The molecule has 1 aliphatic rings. The third-order valence-corrected chi connectivity index (χ3v) is 2.96. The van der Waals surface area contributed by atoms with Crippen LogP contribution in [0, 0.1) is 0 Å². The van der Waals surface area contributed by atoms with Crippen molar-refractivity contribution in [3.05, 3.63) is 42.5 Å². The molecule has 0 bridgehead atoms. The number of morpholine rings is 1. The zero-order valence-electron chi connectivity index (χ0n) is 10.4. The lowest BCUT2D eigenvalue weighted by atomic mass is 10.2. The van der Waals surface area contributed by atoms with Gasteiger partial charge < -0.3 is 15.0 Å². The van der Waals surface area contributed by atoms with Gasteiger partial charge in [0.25, 0.3) is 0 Å². The standard InChI is InChI=1S/C14H18N2O2/c1-2-14(17)15-11-12-3-5-13(6-4-12)16-7-9-18-10-8-16/h2-6H,1,7-11H2,(H,15,17). The van der Waals surface area contributed by atoms with Crippen LogP contribution < -0.4 is 10.2 Å². The maximum atomic E-state index is 11.0. The molecule has 0 spiro atoms. The van der Waals surface area contributed by atoms with Crippen LogP contribution in [0.4, 0.5) is 5.69 Å². The van der Waals surface area contributed by atoms with Crippen molar-refractivity contribution in [1.29, 1.82) is 0 Å². The molecule has 0 unspecified atom stereocenters. The number of amides is 1. The average molecular weight is 246 g/mol. The van der Waals surface area contributed by atoms with E-state index in [1.54, 1.807) is 0 Å². The summed E-state index contributed by atoms with van der Waals surface area (Å²) < 4.78 is 5.32. The summed E-state index contributed by atoms with van der Waals surface area (Å²) in [6.07, 6.45) is 1.28. The van der Waals surface area contributed by atoms with Crippen LogP contribution in [0.1, 0.15) is 5.56 Å². The Morgan fingerprint density at radius 1 is 1.33 bits per heavy atom. The van der Waals surface area contributed by atoms with E-state index in [0.717, 1.165) is 31.9 Å². The normalized spacial score (nSPS) is 15.2. The van der Waals surface area contributed by atoms with Crippen molar-refractivity contribution >= 4 is 11.6 Å². The quantitative estimate of drug-likeness (QED) is 0.815. The lowest BCUT2D eigenvalue weighted by Gasteiger charge is -2.28. The number of anilines is 1. The number of nitrogens with zero attached hydrogens (tertiary/aromatic N) is 1. The molecular formula is C14H18N2O2. The van der Waals surface area contributed by atoms with Gasteiger partial charge in [-0.05, 0) is 23.8 Å². The van der Waals surface area contributed by atoms with E-state index in [1.165, 1.54) is 11.8 Å². The predicted molar refractivity (Wildman–Crippen MR) is 71.5 cm³/mol. The van der Waals surface area contributed by atoms with Crippen LogP contribution in [0.3, 0.4) is 0 Å². The fourth-order valence-electron chi connectivity index (χ4n) is 1.91. The van der Waals surface area contributed by atoms with Crippen molar-refractivity contribution in [1.82, 2.24) is 5.32 Å². The second-order valence-corrected chi connectivity index (χ2v) is 4.19. The molecule has 0 aliphatic carbocycles. The SMILES string of the molecule is C=CC(=O)NCc1ccc(N2CCOCC2)cc1. The third kappa shape index (κ3) is 3.34. The summed E-state index contributed by atoms with van der Waals surface area (Å²) in [6, 6.07) is 8.24.